The summed E-state index contributed by atoms with van der Waals surface area (Å²) in [6.07, 6.45) is -0.884. The predicted octanol–water partition coefficient (Wildman–Crippen LogP) is 3.17. The van der Waals surface area contributed by atoms with E-state index < -0.39 is 12.0 Å². The Hall–Kier alpha value is -1.95. The van der Waals surface area contributed by atoms with Crippen LogP contribution in [0.2, 0.25) is 10.0 Å². The fraction of sp³-hybridized carbons (Fsp3) is 0.235. The van der Waals surface area contributed by atoms with Gasteiger partial charge in [-0.2, -0.15) is 0 Å². The molecule has 0 aliphatic carbocycles. The third-order valence-corrected chi connectivity index (χ3v) is 3.72. The number of benzene rings is 2. The molecule has 1 amide bonds. The van der Waals surface area contributed by atoms with E-state index in [1.807, 2.05) is 6.07 Å². The van der Waals surface area contributed by atoms with E-state index in [4.69, 9.17) is 32.7 Å². The predicted molar refractivity (Wildman–Crippen MR) is 93.3 cm³/mol. The van der Waals surface area contributed by atoms with Crippen molar-refractivity contribution in [2.24, 2.45) is 0 Å². The highest BCUT2D eigenvalue weighted by Crippen LogP contribution is 2.25. The maximum Gasteiger partial charge on any atom is 0.252 e. The number of carbonyl (C=O) groups excluding carboxylic acids is 1. The molecule has 0 saturated heterocycles. The number of aliphatic hydroxyl groups is 1. The van der Waals surface area contributed by atoms with Crippen LogP contribution in [0.1, 0.15) is 10.4 Å². The standard InChI is InChI=1S/C17H17Cl2NO4/c1-23-15-4-2-3-5-16(15)24-10-12(21)9-20-17(22)13-7-6-11(18)8-14(13)19/h2-8,12,21H,9-10H2,1H3,(H,20,22)/t12-/m0/s1. The quantitative estimate of drug-likeness (QED) is 0.786. The molecule has 0 bridgehead atoms. The van der Waals surface area contributed by atoms with E-state index >= 15 is 0 Å². The first-order chi connectivity index (χ1) is 11.5. The van der Waals surface area contributed by atoms with Crippen LogP contribution in [0.3, 0.4) is 0 Å². The van der Waals surface area contributed by atoms with Crippen LogP contribution in [0.15, 0.2) is 42.5 Å². The number of amides is 1. The van der Waals surface area contributed by atoms with E-state index in [0.29, 0.717) is 22.1 Å². The Balaban J connectivity index is 1.84. The first kappa shape index (κ1) is 18.4. The van der Waals surface area contributed by atoms with E-state index in [9.17, 15) is 9.90 Å². The highest BCUT2D eigenvalue weighted by atomic mass is 35.5. The zero-order valence-electron chi connectivity index (χ0n) is 13.0. The number of carbonyl (C=O) groups is 1. The van der Waals surface area contributed by atoms with Crippen molar-refractivity contribution in [3.05, 3.63) is 58.1 Å². The number of hydrogen-bond donors (Lipinski definition) is 2. The molecule has 2 rings (SSSR count). The average molecular weight is 370 g/mol. The van der Waals surface area contributed by atoms with Gasteiger partial charge < -0.3 is 19.9 Å². The second-order valence-corrected chi connectivity index (χ2v) is 5.79. The van der Waals surface area contributed by atoms with Crippen LogP contribution in [-0.4, -0.2) is 37.4 Å². The molecule has 128 valence electrons. The van der Waals surface area contributed by atoms with E-state index in [0.717, 1.165) is 0 Å². The molecule has 2 aromatic carbocycles. The largest absolute Gasteiger partial charge is 0.493 e. The molecular formula is C17H17Cl2NO4. The van der Waals surface area contributed by atoms with Gasteiger partial charge in [0.25, 0.3) is 5.91 Å². The summed E-state index contributed by atoms with van der Waals surface area (Å²) in [4.78, 5) is 12.0. The van der Waals surface area contributed by atoms with Crippen LogP contribution >= 0.6 is 23.2 Å². The van der Waals surface area contributed by atoms with Crippen LogP contribution < -0.4 is 14.8 Å². The molecule has 0 fully saturated rings. The Bertz CT molecular complexity index is 709. The zero-order valence-corrected chi connectivity index (χ0v) is 14.5. The second kappa shape index (κ2) is 8.78. The topological polar surface area (TPSA) is 67.8 Å². The Morgan fingerprint density at radius 2 is 1.92 bits per heavy atom. The lowest BCUT2D eigenvalue weighted by molar-refractivity contribution is 0.0839. The fourth-order valence-corrected chi connectivity index (χ4v) is 2.46. The Labute approximate surface area is 150 Å². The molecule has 7 heteroatoms. The maximum absolute atomic E-state index is 12.0. The number of hydrogen-bond acceptors (Lipinski definition) is 4. The summed E-state index contributed by atoms with van der Waals surface area (Å²) in [5.41, 5.74) is 0.291. The van der Waals surface area contributed by atoms with Crippen LogP contribution in [0.5, 0.6) is 11.5 Å². The first-order valence-electron chi connectivity index (χ1n) is 7.18. The number of aliphatic hydroxyl groups excluding tert-OH is 1. The lowest BCUT2D eigenvalue weighted by atomic mass is 10.2. The zero-order chi connectivity index (χ0) is 17.5. The molecule has 2 N–H and O–H groups in total. The smallest absolute Gasteiger partial charge is 0.252 e. The van der Waals surface area contributed by atoms with Gasteiger partial charge in [-0.3, -0.25) is 4.79 Å². The van der Waals surface area contributed by atoms with E-state index in [2.05, 4.69) is 5.32 Å². The van der Waals surface area contributed by atoms with Crippen LogP contribution in [0.4, 0.5) is 0 Å². The lowest BCUT2D eigenvalue weighted by Gasteiger charge is -2.15. The second-order valence-electron chi connectivity index (χ2n) is 4.95. The van der Waals surface area contributed by atoms with Crippen molar-refractivity contribution in [3.63, 3.8) is 0 Å². The van der Waals surface area contributed by atoms with Gasteiger partial charge in [-0.15, -0.1) is 0 Å². The van der Waals surface area contributed by atoms with E-state index in [-0.39, 0.29) is 18.2 Å². The summed E-state index contributed by atoms with van der Waals surface area (Å²) in [6, 6.07) is 11.7. The Morgan fingerprint density at radius 1 is 1.21 bits per heavy atom. The van der Waals surface area contributed by atoms with Gasteiger partial charge in [0.15, 0.2) is 11.5 Å². The summed E-state index contributed by atoms with van der Waals surface area (Å²) in [5, 5.41) is 13.2. The van der Waals surface area contributed by atoms with Crippen molar-refractivity contribution < 1.29 is 19.4 Å². The van der Waals surface area contributed by atoms with Crippen LogP contribution in [-0.2, 0) is 0 Å². The van der Waals surface area contributed by atoms with Gasteiger partial charge in [0, 0.05) is 11.6 Å². The molecule has 0 aliphatic heterocycles. The summed E-state index contributed by atoms with van der Waals surface area (Å²) >= 11 is 11.8. The maximum atomic E-state index is 12.0. The minimum absolute atomic E-state index is 0.00893. The Morgan fingerprint density at radius 3 is 2.58 bits per heavy atom. The number of methoxy groups -OCH3 is 1. The molecule has 0 heterocycles. The molecule has 0 radical (unpaired) electrons. The molecule has 2 aromatic rings. The Kier molecular flexibility index (Phi) is 6.73. The summed E-state index contributed by atoms with van der Waals surface area (Å²) in [7, 11) is 1.54. The number of halogens is 2. The summed E-state index contributed by atoms with van der Waals surface area (Å²) < 4.78 is 10.7. The molecule has 0 aromatic heterocycles. The lowest BCUT2D eigenvalue weighted by Crippen LogP contribution is -2.35. The molecule has 0 saturated carbocycles. The van der Waals surface area contributed by atoms with Crippen LogP contribution in [0, 0.1) is 0 Å². The number of ether oxygens (including phenoxy) is 2. The first-order valence-corrected chi connectivity index (χ1v) is 7.94. The minimum atomic E-state index is -0.884. The van der Waals surface area contributed by atoms with Crippen molar-refractivity contribution in [1.29, 1.82) is 0 Å². The minimum Gasteiger partial charge on any atom is -0.493 e. The number of rotatable bonds is 7. The van der Waals surface area contributed by atoms with Crippen molar-refractivity contribution in [1.82, 2.24) is 5.32 Å². The van der Waals surface area contributed by atoms with Gasteiger partial charge in [-0.05, 0) is 30.3 Å². The van der Waals surface area contributed by atoms with Crippen LogP contribution in [0.25, 0.3) is 0 Å². The van der Waals surface area contributed by atoms with Crippen molar-refractivity contribution in [3.8, 4) is 11.5 Å². The third-order valence-electron chi connectivity index (χ3n) is 3.17. The highest BCUT2D eigenvalue weighted by molar-refractivity contribution is 6.36. The van der Waals surface area contributed by atoms with Crippen molar-refractivity contribution in [2.75, 3.05) is 20.3 Å². The molecule has 0 unspecified atom stereocenters. The monoisotopic (exact) mass is 369 g/mol. The van der Waals surface area contributed by atoms with Gasteiger partial charge in [0.1, 0.15) is 12.7 Å². The molecule has 0 aliphatic rings. The molecule has 0 spiro atoms. The van der Waals surface area contributed by atoms with E-state index in [1.54, 1.807) is 24.3 Å². The molecule has 5 nitrogen and oxygen atoms in total. The summed E-state index contributed by atoms with van der Waals surface area (Å²) in [6.45, 7) is 0.0297. The van der Waals surface area contributed by atoms with Gasteiger partial charge in [0.05, 0.1) is 17.7 Å². The van der Waals surface area contributed by atoms with Crippen molar-refractivity contribution in [2.45, 2.75) is 6.10 Å². The average Bonchev–Trinajstić information content (AvgIpc) is 2.58. The normalized spacial score (nSPS) is 11.7. The van der Waals surface area contributed by atoms with Crippen molar-refractivity contribution >= 4 is 29.1 Å². The number of para-hydroxylation sites is 2. The highest BCUT2D eigenvalue weighted by Gasteiger charge is 2.13. The molecule has 1 atom stereocenters. The molecular weight excluding hydrogens is 353 g/mol. The van der Waals surface area contributed by atoms with Gasteiger partial charge in [-0.25, -0.2) is 0 Å². The fourth-order valence-electron chi connectivity index (χ4n) is 1.96. The SMILES string of the molecule is COc1ccccc1OC[C@@H](O)CNC(=O)c1ccc(Cl)cc1Cl. The summed E-state index contributed by atoms with van der Waals surface area (Å²) in [5.74, 6) is 0.695. The third kappa shape index (κ3) is 5.03. The van der Waals surface area contributed by atoms with E-state index in [1.165, 1.54) is 19.2 Å². The molecule has 24 heavy (non-hydrogen) atoms. The van der Waals surface area contributed by atoms with Gasteiger partial charge >= 0.3 is 0 Å². The van der Waals surface area contributed by atoms with Gasteiger partial charge in [0.2, 0.25) is 0 Å². The number of nitrogens with one attached hydrogen (secondary N) is 1. The van der Waals surface area contributed by atoms with Gasteiger partial charge in [-0.1, -0.05) is 35.3 Å².